The standard InChI is InChI=1S/C16H25NO2/c1-5-10-17(11-13(4)16(18)19)15-8-6-14(7-9-15)12(2)3/h6-9,12-13H,5,10-11H2,1-4H3,(H,18,19). The van der Waals surface area contributed by atoms with Gasteiger partial charge in [-0.3, -0.25) is 4.79 Å². The zero-order valence-electron chi connectivity index (χ0n) is 12.4. The Morgan fingerprint density at radius 3 is 2.21 bits per heavy atom. The Balaban J connectivity index is 2.83. The van der Waals surface area contributed by atoms with E-state index in [1.165, 1.54) is 5.56 Å². The number of benzene rings is 1. The molecule has 3 nitrogen and oxygen atoms in total. The molecule has 1 aromatic carbocycles. The van der Waals surface area contributed by atoms with E-state index < -0.39 is 5.97 Å². The van der Waals surface area contributed by atoms with Gasteiger partial charge in [0.25, 0.3) is 0 Å². The number of carboxylic acids is 1. The summed E-state index contributed by atoms with van der Waals surface area (Å²) in [6.07, 6.45) is 1.01. The maximum atomic E-state index is 11.0. The highest BCUT2D eigenvalue weighted by Crippen LogP contribution is 2.21. The molecule has 0 saturated carbocycles. The summed E-state index contributed by atoms with van der Waals surface area (Å²) in [5.41, 5.74) is 2.42. The first-order valence-electron chi connectivity index (χ1n) is 7.03. The smallest absolute Gasteiger partial charge is 0.308 e. The molecule has 3 heteroatoms. The Labute approximate surface area is 116 Å². The molecule has 0 radical (unpaired) electrons. The van der Waals surface area contributed by atoms with E-state index in [-0.39, 0.29) is 5.92 Å². The van der Waals surface area contributed by atoms with Crippen molar-refractivity contribution in [3.63, 3.8) is 0 Å². The van der Waals surface area contributed by atoms with Crippen LogP contribution in [0, 0.1) is 5.92 Å². The molecule has 0 aliphatic rings. The third-order valence-corrected chi connectivity index (χ3v) is 3.33. The molecule has 1 unspecified atom stereocenters. The normalized spacial score (nSPS) is 12.5. The van der Waals surface area contributed by atoms with Crippen molar-refractivity contribution < 1.29 is 9.90 Å². The number of carboxylic acid groups (broad SMARTS) is 1. The second kappa shape index (κ2) is 7.17. The molecule has 19 heavy (non-hydrogen) atoms. The summed E-state index contributed by atoms with van der Waals surface area (Å²) in [5.74, 6) is -0.567. The summed E-state index contributed by atoms with van der Waals surface area (Å²) < 4.78 is 0. The highest BCUT2D eigenvalue weighted by Gasteiger charge is 2.16. The van der Waals surface area contributed by atoms with Gasteiger partial charge in [-0.1, -0.05) is 39.8 Å². The monoisotopic (exact) mass is 263 g/mol. The molecule has 1 N–H and O–H groups in total. The molecule has 0 aromatic heterocycles. The van der Waals surface area contributed by atoms with Crippen LogP contribution < -0.4 is 4.90 Å². The van der Waals surface area contributed by atoms with E-state index >= 15 is 0 Å². The number of carbonyl (C=O) groups is 1. The maximum absolute atomic E-state index is 11.0. The molecule has 0 spiro atoms. The lowest BCUT2D eigenvalue weighted by atomic mass is 10.0. The number of hydrogen-bond acceptors (Lipinski definition) is 2. The molecule has 0 bridgehead atoms. The predicted octanol–water partition coefficient (Wildman–Crippen LogP) is 3.75. The quantitative estimate of drug-likeness (QED) is 0.814. The van der Waals surface area contributed by atoms with E-state index in [1.54, 1.807) is 6.92 Å². The van der Waals surface area contributed by atoms with Crippen LogP contribution in [0.3, 0.4) is 0 Å². The summed E-state index contributed by atoms with van der Waals surface area (Å²) in [4.78, 5) is 13.1. The van der Waals surface area contributed by atoms with Crippen LogP contribution in [-0.2, 0) is 4.79 Å². The first-order chi connectivity index (χ1) is 8.95. The maximum Gasteiger partial charge on any atom is 0.308 e. The van der Waals surface area contributed by atoms with Gasteiger partial charge < -0.3 is 10.0 Å². The van der Waals surface area contributed by atoms with Crippen LogP contribution in [0.15, 0.2) is 24.3 Å². The summed E-state index contributed by atoms with van der Waals surface area (Å²) in [6, 6.07) is 8.46. The fourth-order valence-electron chi connectivity index (χ4n) is 2.07. The van der Waals surface area contributed by atoms with E-state index in [0.29, 0.717) is 12.5 Å². The molecular weight excluding hydrogens is 238 g/mol. The third-order valence-electron chi connectivity index (χ3n) is 3.33. The van der Waals surface area contributed by atoms with Crippen LogP contribution in [0.25, 0.3) is 0 Å². The van der Waals surface area contributed by atoms with Gasteiger partial charge in [0.15, 0.2) is 0 Å². The fraction of sp³-hybridized carbons (Fsp3) is 0.562. The third kappa shape index (κ3) is 4.58. The van der Waals surface area contributed by atoms with Gasteiger partial charge in [0.05, 0.1) is 5.92 Å². The van der Waals surface area contributed by atoms with E-state index in [9.17, 15) is 4.79 Å². The number of rotatable bonds is 7. The molecule has 1 aromatic rings. The molecule has 106 valence electrons. The number of hydrogen-bond donors (Lipinski definition) is 1. The highest BCUT2D eigenvalue weighted by molar-refractivity contribution is 5.70. The second-order valence-electron chi connectivity index (χ2n) is 5.43. The van der Waals surface area contributed by atoms with Crippen molar-refractivity contribution in [1.29, 1.82) is 0 Å². The van der Waals surface area contributed by atoms with Crippen molar-refractivity contribution >= 4 is 11.7 Å². The summed E-state index contributed by atoms with van der Waals surface area (Å²) in [7, 11) is 0. The minimum Gasteiger partial charge on any atom is -0.481 e. The van der Waals surface area contributed by atoms with Crippen LogP contribution in [0.2, 0.25) is 0 Å². The lowest BCUT2D eigenvalue weighted by Crippen LogP contribution is -2.32. The minimum atomic E-state index is -0.736. The van der Waals surface area contributed by atoms with Gasteiger partial charge in [-0.05, 0) is 30.0 Å². The van der Waals surface area contributed by atoms with Gasteiger partial charge in [0.1, 0.15) is 0 Å². The molecule has 1 rings (SSSR count). The molecule has 0 fully saturated rings. The van der Waals surface area contributed by atoms with E-state index in [1.807, 2.05) is 0 Å². The van der Waals surface area contributed by atoms with Gasteiger partial charge in [-0.25, -0.2) is 0 Å². The largest absolute Gasteiger partial charge is 0.481 e. The molecule has 0 amide bonds. The summed E-state index contributed by atoms with van der Waals surface area (Å²) >= 11 is 0. The molecule has 0 aliphatic heterocycles. The Hall–Kier alpha value is -1.51. The van der Waals surface area contributed by atoms with Gasteiger partial charge >= 0.3 is 5.97 Å². The van der Waals surface area contributed by atoms with Crippen molar-refractivity contribution in [2.24, 2.45) is 5.92 Å². The Bertz CT molecular complexity index is 398. The van der Waals surface area contributed by atoms with Gasteiger partial charge in [0.2, 0.25) is 0 Å². The van der Waals surface area contributed by atoms with Gasteiger partial charge in [-0.2, -0.15) is 0 Å². The first kappa shape index (κ1) is 15.5. The minimum absolute atomic E-state index is 0.351. The van der Waals surface area contributed by atoms with Crippen molar-refractivity contribution in [1.82, 2.24) is 0 Å². The topological polar surface area (TPSA) is 40.5 Å². The van der Waals surface area contributed by atoms with Crippen LogP contribution >= 0.6 is 0 Å². The van der Waals surface area contributed by atoms with Crippen LogP contribution in [-0.4, -0.2) is 24.2 Å². The zero-order chi connectivity index (χ0) is 14.4. The highest BCUT2D eigenvalue weighted by atomic mass is 16.4. The van der Waals surface area contributed by atoms with Crippen molar-refractivity contribution in [2.45, 2.75) is 40.0 Å². The number of anilines is 1. The summed E-state index contributed by atoms with van der Waals surface area (Å²) in [5, 5.41) is 9.04. The van der Waals surface area contributed by atoms with Crippen LogP contribution in [0.4, 0.5) is 5.69 Å². The Morgan fingerprint density at radius 2 is 1.79 bits per heavy atom. The van der Waals surface area contributed by atoms with Gasteiger partial charge in [-0.15, -0.1) is 0 Å². The predicted molar refractivity (Wildman–Crippen MR) is 79.8 cm³/mol. The SMILES string of the molecule is CCCN(CC(C)C(=O)O)c1ccc(C(C)C)cc1. The molecule has 0 saturated heterocycles. The van der Waals surface area contributed by atoms with E-state index in [0.717, 1.165) is 18.7 Å². The average Bonchev–Trinajstić information content (AvgIpc) is 2.38. The second-order valence-corrected chi connectivity index (χ2v) is 5.43. The van der Waals surface area contributed by atoms with E-state index in [2.05, 4.69) is 49.9 Å². The van der Waals surface area contributed by atoms with Crippen LogP contribution in [0.5, 0.6) is 0 Å². The molecule has 0 aliphatic carbocycles. The van der Waals surface area contributed by atoms with Gasteiger partial charge in [0, 0.05) is 18.8 Å². The Morgan fingerprint density at radius 1 is 1.21 bits per heavy atom. The fourth-order valence-corrected chi connectivity index (χ4v) is 2.07. The van der Waals surface area contributed by atoms with Crippen LogP contribution in [0.1, 0.15) is 45.6 Å². The number of aliphatic carboxylic acids is 1. The molecular formula is C16H25NO2. The lowest BCUT2D eigenvalue weighted by molar-refractivity contribution is -0.140. The Kier molecular flexibility index (Phi) is 5.87. The average molecular weight is 263 g/mol. The zero-order valence-corrected chi connectivity index (χ0v) is 12.4. The summed E-state index contributed by atoms with van der Waals surface area (Å²) in [6.45, 7) is 9.66. The van der Waals surface area contributed by atoms with E-state index in [4.69, 9.17) is 5.11 Å². The molecule has 0 heterocycles. The molecule has 1 atom stereocenters. The van der Waals surface area contributed by atoms with Crippen molar-refractivity contribution in [3.8, 4) is 0 Å². The van der Waals surface area contributed by atoms with Crippen molar-refractivity contribution in [3.05, 3.63) is 29.8 Å². The van der Waals surface area contributed by atoms with Crippen molar-refractivity contribution in [2.75, 3.05) is 18.0 Å². The first-order valence-corrected chi connectivity index (χ1v) is 7.03. The number of nitrogens with zero attached hydrogens (tertiary/aromatic N) is 1. The lowest BCUT2D eigenvalue weighted by Gasteiger charge is -2.26.